The van der Waals surface area contributed by atoms with Crippen LogP contribution in [0.4, 0.5) is 24.8 Å². The molecular weight excluding hydrogens is 303 g/mol. The second-order valence-corrected chi connectivity index (χ2v) is 5.02. The van der Waals surface area contributed by atoms with Crippen LogP contribution in [-0.2, 0) is 12.7 Å². The lowest BCUT2D eigenvalue weighted by atomic mass is 10.2. The number of hydrogen-bond acceptors (Lipinski definition) is 2. The molecule has 0 aliphatic rings. The predicted octanol–water partition coefficient (Wildman–Crippen LogP) is 5.10. The minimum Gasteiger partial charge on any atom is -0.324 e. The molecule has 0 atom stereocenters. The molecule has 0 amide bonds. The molecule has 21 heavy (non-hydrogen) atoms. The first-order valence-electron chi connectivity index (χ1n) is 6.56. The summed E-state index contributed by atoms with van der Waals surface area (Å²) in [5.74, 6) is 0.477. The summed E-state index contributed by atoms with van der Waals surface area (Å²) in [7, 11) is 0. The summed E-state index contributed by atoms with van der Waals surface area (Å²) in [6.45, 7) is 2.81. The van der Waals surface area contributed by atoms with Gasteiger partial charge in [0.15, 0.2) is 0 Å². The third kappa shape index (κ3) is 3.91. The molecule has 3 nitrogen and oxygen atoms in total. The van der Waals surface area contributed by atoms with Crippen LogP contribution in [0.15, 0.2) is 30.6 Å². The van der Waals surface area contributed by atoms with Crippen LogP contribution in [0.3, 0.4) is 0 Å². The zero-order chi connectivity index (χ0) is 15.5. The van der Waals surface area contributed by atoms with Gasteiger partial charge in [0.1, 0.15) is 0 Å². The Balaban J connectivity index is 2.25. The Morgan fingerprint density at radius 3 is 2.76 bits per heavy atom. The fourth-order valence-corrected chi connectivity index (χ4v) is 2.02. The second kappa shape index (κ2) is 6.39. The summed E-state index contributed by atoms with van der Waals surface area (Å²) in [5.41, 5.74) is -0.559. The van der Waals surface area contributed by atoms with Crippen molar-refractivity contribution in [2.75, 3.05) is 5.32 Å². The maximum atomic E-state index is 12.7. The Morgan fingerprint density at radius 1 is 1.33 bits per heavy atom. The van der Waals surface area contributed by atoms with Crippen LogP contribution in [0.25, 0.3) is 0 Å². The lowest BCUT2D eigenvalue weighted by Crippen LogP contribution is -2.07. The van der Waals surface area contributed by atoms with Crippen molar-refractivity contribution in [1.82, 2.24) is 9.55 Å². The van der Waals surface area contributed by atoms with Gasteiger partial charge in [0.05, 0.1) is 16.3 Å². The number of benzene rings is 1. The predicted molar refractivity (Wildman–Crippen MR) is 76.9 cm³/mol. The summed E-state index contributed by atoms with van der Waals surface area (Å²) in [6.07, 6.45) is 0.945. The smallest absolute Gasteiger partial charge is 0.324 e. The third-order valence-corrected chi connectivity index (χ3v) is 3.34. The molecule has 2 aromatic rings. The van der Waals surface area contributed by atoms with E-state index < -0.39 is 11.7 Å². The maximum absolute atomic E-state index is 12.7. The van der Waals surface area contributed by atoms with Gasteiger partial charge in [0.2, 0.25) is 5.95 Å². The van der Waals surface area contributed by atoms with Crippen LogP contribution in [0.5, 0.6) is 0 Å². The van der Waals surface area contributed by atoms with E-state index in [1.54, 1.807) is 12.4 Å². The number of imidazole rings is 1. The number of hydrogen-bond donors (Lipinski definition) is 1. The standard InChI is InChI=1S/C14H15ClF3N3/c1-2-3-7-21-8-6-19-13(21)20-12-9-10(14(16,17)18)4-5-11(12)15/h4-6,8-9H,2-3,7H2,1H3,(H,19,20). The molecule has 1 aromatic carbocycles. The van der Waals surface area contributed by atoms with E-state index in [1.165, 1.54) is 6.07 Å². The van der Waals surface area contributed by atoms with E-state index in [4.69, 9.17) is 11.6 Å². The molecule has 0 saturated carbocycles. The van der Waals surface area contributed by atoms with Crippen molar-refractivity contribution in [3.8, 4) is 0 Å². The highest BCUT2D eigenvalue weighted by molar-refractivity contribution is 6.33. The molecule has 1 heterocycles. The van der Waals surface area contributed by atoms with Crippen molar-refractivity contribution >= 4 is 23.2 Å². The Labute approximate surface area is 125 Å². The fraction of sp³-hybridized carbons (Fsp3) is 0.357. The van der Waals surface area contributed by atoms with Crippen LogP contribution in [-0.4, -0.2) is 9.55 Å². The van der Waals surface area contributed by atoms with E-state index in [0.29, 0.717) is 5.95 Å². The van der Waals surface area contributed by atoms with Gasteiger partial charge in [-0.25, -0.2) is 4.98 Å². The van der Waals surface area contributed by atoms with E-state index >= 15 is 0 Å². The SMILES string of the molecule is CCCCn1ccnc1Nc1cc(C(F)(F)F)ccc1Cl. The van der Waals surface area contributed by atoms with Crippen molar-refractivity contribution < 1.29 is 13.2 Å². The first-order valence-corrected chi connectivity index (χ1v) is 6.94. The van der Waals surface area contributed by atoms with Crippen molar-refractivity contribution in [2.24, 2.45) is 0 Å². The molecule has 0 spiro atoms. The Kier molecular flexibility index (Phi) is 4.77. The molecule has 0 fully saturated rings. The largest absolute Gasteiger partial charge is 0.416 e. The van der Waals surface area contributed by atoms with E-state index in [1.807, 2.05) is 4.57 Å². The van der Waals surface area contributed by atoms with E-state index in [-0.39, 0.29) is 10.7 Å². The van der Waals surface area contributed by atoms with Crippen LogP contribution in [0, 0.1) is 0 Å². The number of nitrogens with zero attached hydrogens (tertiary/aromatic N) is 2. The molecule has 0 unspecified atom stereocenters. The molecule has 7 heteroatoms. The van der Waals surface area contributed by atoms with Gasteiger partial charge in [-0.3, -0.25) is 0 Å². The summed E-state index contributed by atoms with van der Waals surface area (Å²) in [5, 5.41) is 3.08. The number of aromatic nitrogens is 2. The fourth-order valence-electron chi connectivity index (χ4n) is 1.86. The van der Waals surface area contributed by atoms with Gasteiger partial charge in [-0.1, -0.05) is 24.9 Å². The summed E-state index contributed by atoms with van der Waals surface area (Å²) in [6, 6.07) is 3.17. The lowest BCUT2D eigenvalue weighted by Gasteiger charge is -2.13. The number of nitrogens with one attached hydrogen (secondary N) is 1. The first-order chi connectivity index (χ1) is 9.91. The Bertz CT molecular complexity index is 608. The van der Waals surface area contributed by atoms with E-state index in [0.717, 1.165) is 31.5 Å². The molecule has 0 radical (unpaired) electrons. The molecule has 2 rings (SSSR count). The highest BCUT2D eigenvalue weighted by Gasteiger charge is 2.31. The van der Waals surface area contributed by atoms with Crippen molar-refractivity contribution in [3.63, 3.8) is 0 Å². The zero-order valence-electron chi connectivity index (χ0n) is 11.4. The molecule has 0 saturated heterocycles. The van der Waals surface area contributed by atoms with Gasteiger partial charge in [-0.05, 0) is 24.6 Å². The summed E-state index contributed by atoms with van der Waals surface area (Å²) >= 11 is 5.95. The minimum atomic E-state index is -4.40. The topological polar surface area (TPSA) is 29.9 Å². The van der Waals surface area contributed by atoms with Gasteiger partial charge in [-0.2, -0.15) is 13.2 Å². The van der Waals surface area contributed by atoms with Gasteiger partial charge >= 0.3 is 6.18 Å². The number of aryl methyl sites for hydroxylation is 1. The van der Waals surface area contributed by atoms with Gasteiger partial charge in [0, 0.05) is 18.9 Å². The Hall–Kier alpha value is -1.69. The van der Waals surface area contributed by atoms with Crippen LogP contribution in [0.1, 0.15) is 25.3 Å². The molecule has 114 valence electrons. The zero-order valence-corrected chi connectivity index (χ0v) is 12.2. The molecule has 1 N–H and O–H groups in total. The van der Waals surface area contributed by atoms with Crippen molar-refractivity contribution in [2.45, 2.75) is 32.5 Å². The number of anilines is 2. The van der Waals surface area contributed by atoms with Crippen LogP contribution >= 0.6 is 11.6 Å². The molecule has 0 aliphatic heterocycles. The van der Waals surface area contributed by atoms with Gasteiger partial charge in [0.25, 0.3) is 0 Å². The quantitative estimate of drug-likeness (QED) is 0.831. The normalized spacial score (nSPS) is 11.7. The van der Waals surface area contributed by atoms with E-state index in [2.05, 4.69) is 17.2 Å². The second-order valence-electron chi connectivity index (χ2n) is 4.62. The maximum Gasteiger partial charge on any atom is 0.416 e. The molecular formula is C14H15ClF3N3. The number of alkyl halides is 3. The lowest BCUT2D eigenvalue weighted by molar-refractivity contribution is -0.137. The van der Waals surface area contributed by atoms with Crippen LogP contribution in [0.2, 0.25) is 5.02 Å². The summed E-state index contributed by atoms with van der Waals surface area (Å²) < 4.78 is 40.0. The highest BCUT2D eigenvalue weighted by atomic mass is 35.5. The number of unbranched alkanes of at least 4 members (excludes halogenated alkanes) is 1. The van der Waals surface area contributed by atoms with Gasteiger partial charge in [-0.15, -0.1) is 0 Å². The monoisotopic (exact) mass is 317 g/mol. The number of rotatable bonds is 5. The number of halogens is 4. The molecule has 0 aliphatic carbocycles. The first kappa shape index (κ1) is 15.7. The highest BCUT2D eigenvalue weighted by Crippen LogP contribution is 2.34. The van der Waals surface area contributed by atoms with Crippen molar-refractivity contribution in [3.05, 3.63) is 41.2 Å². The summed E-state index contributed by atoms with van der Waals surface area (Å²) in [4.78, 5) is 4.11. The molecule has 1 aromatic heterocycles. The van der Waals surface area contributed by atoms with Crippen LogP contribution < -0.4 is 5.32 Å². The average molecular weight is 318 g/mol. The van der Waals surface area contributed by atoms with Crippen molar-refractivity contribution in [1.29, 1.82) is 0 Å². The van der Waals surface area contributed by atoms with E-state index in [9.17, 15) is 13.2 Å². The van der Waals surface area contributed by atoms with Gasteiger partial charge < -0.3 is 9.88 Å². The minimum absolute atomic E-state index is 0.190. The average Bonchev–Trinajstić information content (AvgIpc) is 2.85. The molecule has 0 bridgehead atoms. The third-order valence-electron chi connectivity index (χ3n) is 3.01. The Morgan fingerprint density at radius 2 is 2.10 bits per heavy atom.